The Morgan fingerprint density at radius 1 is 0.636 bits per heavy atom. The molecule has 0 amide bonds. The van der Waals surface area contributed by atoms with E-state index in [1.807, 2.05) is 30.3 Å². The van der Waals surface area contributed by atoms with Crippen molar-refractivity contribution in [1.29, 1.82) is 0 Å². The highest BCUT2D eigenvalue weighted by Gasteiger charge is 2.24. The van der Waals surface area contributed by atoms with Crippen LogP contribution < -0.4 is 0 Å². The van der Waals surface area contributed by atoms with Crippen molar-refractivity contribution >= 4 is 0 Å². The molecule has 0 saturated heterocycles. The Kier molecular flexibility index (Phi) is 5.11. The molecule has 0 aliphatic rings. The van der Waals surface area contributed by atoms with Gasteiger partial charge in [-0.1, -0.05) is 30.3 Å². The van der Waals surface area contributed by atoms with Gasteiger partial charge in [0.1, 0.15) is 28.7 Å². The molecule has 2 N–H and O–H groups in total. The van der Waals surface area contributed by atoms with Crippen molar-refractivity contribution in [2.75, 3.05) is 0 Å². The third kappa shape index (κ3) is 3.83. The van der Waals surface area contributed by atoms with Crippen LogP contribution in [0.25, 0.3) is 39.3 Å². The number of phenols is 2. The van der Waals surface area contributed by atoms with Crippen LogP contribution in [0.3, 0.4) is 0 Å². The van der Waals surface area contributed by atoms with Crippen LogP contribution in [0.2, 0.25) is 0 Å². The molecule has 33 heavy (non-hydrogen) atoms. The third-order valence-corrected chi connectivity index (χ3v) is 5.37. The van der Waals surface area contributed by atoms with Crippen LogP contribution in [-0.4, -0.2) is 20.0 Å². The molecule has 5 rings (SSSR count). The fourth-order valence-electron chi connectivity index (χ4n) is 3.83. The topological polar surface area (TPSA) is 58.3 Å². The summed E-state index contributed by atoms with van der Waals surface area (Å²) in [6.07, 6.45) is 0. The maximum absolute atomic E-state index is 14.9. The molecular formula is C27H18F2N2O2. The molecule has 5 aromatic rings. The van der Waals surface area contributed by atoms with E-state index in [4.69, 9.17) is 5.10 Å². The van der Waals surface area contributed by atoms with Crippen molar-refractivity contribution in [2.45, 2.75) is 0 Å². The number of aromatic hydroxyl groups is 2. The van der Waals surface area contributed by atoms with Gasteiger partial charge in [0.2, 0.25) is 0 Å². The molecule has 0 fully saturated rings. The number of benzene rings is 4. The van der Waals surface area contributed by atoms with E-state index in [1.165, 1.54) is 16.8 Å². The van der Waals surface area contributed by atoms with E-state index in [1.54, 1.807) is 48.5 Å². The average Bonchev–Trinajstić information content (AvgIpc) is 3.21. The average molecular weight is 440 g/mol. The number of rotatable bonds is 4. The summed E-state index contributed by atoms with van der Waals surface area (Å²) in [6, 6.07) is 26.0. The standard InChI is InChI=1S/C27H18F2N2O2/c28-20-10-15-24(23(29)16-20)31-27(19-8-13-22(33)14-9-19)25(17-4-2-1-3-5-17)26(30-31)18-6-11-21(32)12-7-18/h1-16,32-33H. The van der Waals surface area contributed by atoms with Crippen LogP contribution in [0.4, 0.5) is 8.78 Å². The van der Waals surface area contributed by atoms with Gasteiger partial charge in [0.25, 0.3) is 0 Å². The van der Waals surface area contributed by atoms with E-state index < -0.39 is 11.6 Å². The smallest absolute Gasteiger partial charge is 0.151 e. The lowest BCUT2D eigenvalue weighted by molar-refractivity contribution is 0.475. The van der Waals surface area contributed by atoms with Crippen LogP contribution in [-0.2, 0) is 0 Å². The first-order valence-electron chi connectivity index (χ1n) is 10.2. The molecule has 162 valence electrons. The first kappa shape index (κ1) is 20.5. The minimum Gasteiger partial charge on any atom is -0.508 e. The van der Waals surface area contributed by atoms with Crippen LogP contribution in [0.5, 0.6) is 11.5 Å². The van der Waals surface area contributed by atoms with E-state index in [0.717, 1.165) is 17.2 Å². The Balaban J connectivity index is 1.89. The quantitative estimate of drug-likeness (QED) is 0.333. The van der Waals surface area contributed by atoms with Gasteiger partial charge in [0.05, 0.1) is 5.69 Å². The van der Waals surface area contributed by atoms with E-state index in [0.29, 0.717) is 22.5 Å². The SMILES string of the molecule is Oc1ccc(-c2nn(-c3ccc(F)cc3F)c(-c3ccc(O)cc3)c2-c2ccccc2)cc1. The number of aromatic nitrogens is 2. The maximum Gasteiger partial charge on any atom is 0.151 e. The van der Waals surface area contributed by atoms with Crippen molar-refractivity contribution < 1.29 is 19.0 Å². The van der Waals surface area contributed by atoms with Crippen LogP contribution >= 0.6 is 0 Å². The first-order chi connectivity index (χ1) is 16.0. The molecule has 4 aromatic carbocycles. The second-order valence-corrected chi connectivity index (χ2v) is 7.54. The summed E-state index contributed by atoms with van der Waals surface area (Å²) in [6.45, 7) is 0. The molecule has 6 heteroatoms. The van der Waals surface area contributed by atoms with Gasteiger partial charge < -0.3 is 10.2 Å². The van der Waals surface area contributed by atoms with E-state index in [9.17, 15) is 19.0 Å². The second kappa shape index (κ2) is 8.24. The number of nitrogens with zero attached hydrogens (tertiary/aromatic N) is 2. The highest BCUT2D eigenvalue weighted by molar-refractivity contribution is 5.92. The molecule has 0 atom stereocenters. The Hall–Kier alpha value is -4.45. The molecule has 4 nitrogen and oxygen atoms in total. The lowest BCUT2D eigenvalue weighted by atomic mass is 9.95. The number of halogens is 2. The summed E-state index contributed by atoms with van der Waals surface area (Å²) in [5.74, 6) is -1.23. The van der Waals surface area contributed by atoms with Crippen molar-refractivity contribution in [1.82, 2.24) is 9.78 Å². The molecule has 1 aromatic heterocycles. The molecule has 0 aliphatic carbocycles. The molecule has 0 aliphatic heterocycles. The molecule has 0 spiro atoms. The molecule has 1 heterocycles. The van der Waals surface area contributed by atoms with Gasteiger partial charge in [0.15, 0.2) is 5.82 Å². The van der Waals surface area contributed by atoms with Gasteiger partial charge in [-0.05, 0) is 66.2 Å². The molecule has 0 saturated carbocycles. The zero-order chi connectivity index (χ0) is 22.9. The first-order valence-corrected chi connectivity index (χ1v) is 10.2. The van der Waals surface area contributed by atoms with Gasteiger partial charge in [-0.3, -0.25) is 0 Å². The number of phenolic OH excluding ortho intramolecular Hbond substituents is 2. The minimum absolute atomic E-state index is 0.0849. The predicted octanol–water partition coefficient (Wildman–Crippen LogP) is 6.56. The summed E-state index contributed by atoms with van der Waals surface area (Å²) in [4.78, 5) is 0. The van der Waals surface area contributed by atoms with E-state index in [2.05, 4.69) is 0 Å². The predicted molar refractivity (Wildman–Crippen MR) is 123 cm³/mol. The lowest BCUT2D eigenvalue weighted by Gasteiger charge is -2.12. The van der Waals surface area contributed by atoms with Crippen molar-refractivity contribution in [3.05, 3.63) is 109 Å². The molecular weight excluding hydrogens is 422 g/mol. The van der Waals surface area contributed by atoms with Gasteiger partial charge in [-0.25, -0.2) is 13.5 Å². The normalized spacial score (nSPS) is 11.0. The number of hydrogen-bond acceptors (Lipinski definition) is 3. The van der Waals surface area contributed by atoms with Crippen LogP contribution in [0.15, 0.2) is 97.1 Å². The minimum atomic E-state index is -0.755. The molecule has 0 radical (unpaired) electrons. The summed E-state index contributed by atoms with van der Waals surface area (Å²) in [7, 11) is 0. The Labute approximate surface area is 188 Å². The molecule has 0 bridgehead atoms. The summed E-state index contributed by atoms with van der Waals surface area (Å²) in [5, 5.41) is 24.3. The van der Waals surface area contributed by atoms with Crippen LogP contribution in [0.1, 0.15) is 0 Å². The Morgan fingerprint density at radius 2 is 1.24 bits per heavy atom. The maximum atomic E-state index is 14.9. The highest BCUT2D eigenvalue weighted by Crippen LogP contribution is 2.42. The van der Waals surface area contributed by atoms with E-state index in [-0.39, 0.29) is 17.2 Å². The summed E-state index contributed by atoms with van der Waals surface area (Å²) < 4.78 is 30.0. The Bertz CT molecular complexity index is 1430. The molecule has 0 unspecified atom stereocenters. The highest BCUT2D eigenvalue weighted by atomic mass is 19.1. The zero-order valence-electron chi connectivity index (χ0n) is 17.3. The fraction of sp³-hybridized carbons (Fsp3) is 0. The summed E-state index contributed by atoms with van der Waals surface area (Å²) >= 11 is 0. The van der Waals surface area contributed by atoms with Crippen LogP contribution in [0, 0.1) is 11.6 Å². The van der Waals surface area contributed by atoms with Gasteiger partial charge >= 0.3 is 0 Å². The monoisotopic (exact) mass is 440 g/mol. The number of hydrogen-bond donors (Lipinski definition) is 2. The fourth-order valence-corrected chi connectivity index (χ4v) is 3.83. The van der Waals surface area contributed by atoms with Crippen molar-refractivity contribution in [3.8, 4) is 50.8 Å². The third-order valence-electron chi connectivity index (χ3n) is 5.37. The van der Waals surface area contributed by atoms with Crippen molar-refractivity contribution in [2.24, 2.45) is 0 Å². The van der Waals surface area contributed by atoms with Crippen molar-refractivity contribution in [3.63, 3.8) is 0 Å². The summed E-state index contributed by atoms with van der Waals surface area (Å²) in [5.41, 5.74) is 4.21. The van der Waals surface area contributed by atoms with Gasteiger partial charge in [0, 0.05) is 22.8 Å². The Morgan fingerprint density at radius 3 is 1.85 bits per heavy atom. The van der Waals surface area contributed by atoms with Gasteiger partial charge in [-0.15, -0.1) is 0 Å². The van der Waals surface area contributed by atoms with Gasteiger partial charge in [-0.2, -0.15) is 5.10 Å². The zero-order valence-corrected chi connectivity index (χ0v) is 17.3. The second-order valence-electron chi connectivity index (χ2n) is 7.54. The van der Waals surface area contributed by atoms with E-state index >= 15 is 0 Å². The largest absolute Gasteiger partial charge is 0.508 e. The lowest BCUT2D eigenvalue weighted by Crippen LogP contribution is -2.03.